The van der Waals surface area contributed by atoms with E-state index in [1.807, 2.05) is 28.0 Å². The van der Waals surface area contributed by atoms with E-state index in [-0.39, 0.29) is 29.1 Å². The summed E-state index contributed by atoms with van der Waals surface area (Å²) in [7, 11) is 3.27. The van der Waals surface area contributed by atoms with Gasteiger partial charge in [-0.1, -0.05) is 20.8 Å². The minimum absolute atomic E-state index is 0.0860. The van der Waals surface area contributed by atoms with Crippen molar-refractivity contribution in [3.63, 3.8) is 0 Å². The third kappa shape index (κ3) is 4.85. The maximum absolute atomic E-state index is 13.4. The van der Waals surface area contributed by atoms with E-state index in [0.29, 0.717) is 19.5 Å². The molecular weight excluding hydrogens is 368 g/mol. The van der Waals surface area contributed by atoms with Crippen LogP contribution in [0.5, 0.6) is 11.5 Å². The average molecular weight is 403 g/mol. The number of hydrogen-bond acceptors (Lipinski definition) is 4. The Morgan fingerprint density at radius 1 is 1.03 bits per heavy atom. The molecule has 160 valence electrons. The van der Waals surface area contributed by atoms with Crippen molar-refractivity contribution in [2.75, 3.05) is 40.4 Å². The number of benzene rings is 1. The molecule has 29 heavy (non-hydrogen) atoms. The Hall–Kier alpha value is -2.24. The van der Waals surface area contributed by atoms with Crippen LogP contribution in [-0.4, -0.2) is 62.0 Å². The Kier molecular flexibility index (Phi) is 6.39. The molecular formula is C23H34N2O4. The summed E-state index contributed by atoms with van der Waals surface area (Å²) in [5, 5.41) is 0. The van der Waals surface area contributed by atoms with Crippen LogP contribution >= 0.6 is 0 Å². The van der Waals surface area contributed by atoms with Gasteiger partial charge in [0.2, 0.25) is 11.8 Å². The lowest BCUT2D eigenvalue weighted by Crippen LogP contribution is -2.38. The highest BCUT2D eigenvalue weighted by Gasteiger charge is 2.43. The summed E-state index contributed by atoms with van der Waals surface area (Å²) in [5.74, 6) is 1.38. The number of amides is 2. The Labute approximate surface area is 174 Å². The first-order valence-corrected chi connectivity index (χ1v) is 10.5. The first-order valence-electron chi connectivity index (χ1n) is 10.5. The quantitative estimate of drug-likeness (QED) is 0.758. The maximum atomic E-state index is 13.4. The van der Waals surface area contributed by atoms with Crippen LogP contribution in [0.1, 0.15) is 51.5 Å². The van der Waals surface area contributed by atoms with E-state index in [1.54, 1.807) is 14.2 Å². The van der Waals surface area contributed by atoms with Crippen LogP contribution in [0, 0.1) is 11.3 Å². The van der Waals surface area contributed by atoms with Gasteiger partial charge in [-0.2, -0.15) is 0 Å². The number of ether oxygens (including phenoxy) is 2. The maximum Gasteiger partial charge on any atom is 0.228 e. The van der Waals surface area contributed by atoms with Gasteiger partial charge in [0, 0.05) is 44.1 Å². The number of likely N-dealkylation sites (tertiary alicyclic amines) is 2. The average Bonchev–Trinajstić information content (AvgIpc) is 3.35. The van der Waals surface area contributed by atoms with Crippen LogP contribution in [-0.2, 0) is 9.59 Å². The third-order valence-corrected chi connectivity index (χ3v) is 5.93. The monoisotopic (exact) mass is 402 g/mol. The fourth-order valence-corrected chi connectivity index (χ4v) is 4.44. The predicted octanol–water partition coefficient (Wildman–Crippen LogP) is 3.30. The number of methoxy groups -OCH3 is 2. The molecule has 0 unspecified atom stereocenters. The molecule has 0 bridgehead atoms. The van der Waals surface area contributed by atoms with E-state index < -0.39 is 0 Å². The van der Waals surface area contributed by atoms with E-state index in [4.69, 9.17) is 9.47 Å². The van der Waals surface area contributed by atoms with Gasteiger partial charge in [-0.25, -0.2) is 0 Å². The molecule has 2 aliphatic heterocycles. The molecule has 2 amide bonds. The summed E-state index contributed by atoms with van der Waals surface area (Å²) in [4.78, 5) is 30.1. The molecule has 6 nitrogen and oxygen atoms in total. The van der Waals surface area contributed by atoms with E-state index in [9.17, 15) is 9.59 Å². The van der Waals surface area contributed by atoms with E-state index in [1.165, 1.54) is 0 Å². The number of rotatable bonds is 5. The lowest BCUT2D eigenvalue weighted by molar-refractivity contribution is -0.135. The molecule has 0 saturated carbocycles. The summed E-state index contributed by atoms with van der Waals surface area (Å²) >= 11 is 0. The van der Waals surface area contributed by atoms with Crippen LogP contribution in [0.4, 0.5) is 0 Å². The normalized spacial score (nSPS) is 22.1. The number of carbonyl (C=O) groups excluding carboxylic acids is 2. The van der Waals surface area contributed by atoms with Gasteiger partial charge < -0.3 is 19.3 Å². The largest absolute Gasteiger partial charge is 0.497 e. The van der Waals surface area contributed by atoms with Crippen molar-refractivity contribution in [2.24, 2.45) is 11.3 Å². The molecule has 2 saturated heterocycles. The molecule has 2 atom stereocenters. The molecule has 6 heteroatoms. The number of hydrogen-bond donors (Lipinski definition) is 0. The van der Waals surface area contributed by atoms with Gasteiger partial charge in [0.15, 0.2) is 0 Å². The second kappa shape index (κ2) is 8.64. The molecule has 0 spiro atoms. The summed E-state index contributed by atoms with van der Waals surface area (Å²) < 4.78 is 11.0. The van der Waals surface area contributed by atoms with Gasteiger partial charge in [-0.3, -0.25) is 9.59 Å². The van der Waals surface area contributed by atoms with Crippen molar-refractivity contribution in [3.05, 3.63) is 23.8 Å². The fourth-order valence-electron chi connectivity index (χ4n) is 4.44. The zero-order valence-corrected chi connectivity index (χ0v) is 18.4. The van der Waals surface area contributed by atoms with Crippen LogP contribution < -0.4 is 9.47 Å². The molecule has 1 aromatic rings. The molecule has 0 N–H and O–H groups in total. The number of carbonyl (C=O) groups is 2. The van der Waals surface area contributed by atoms with Crippen LogP contribution in [0.3, 0.4) is 0 Å². The van der Waals surface area contributed by atoms with Crippen LogP contribution in [0.2, 0.25) is 0 Å². The Morgan fingerprint density at radius 2 is 1.72 bits per heavy atom. The molecule has 0 aliphatic carbocycles. The minimum atomic E-state index is -0.252. The summed E-state index contributed by atoms with van der Waals surface area (Å²) in [6.45, 7) is 8.82. The van der Waals surface area contributed by atoms with Crippen molar-refractivity contribution < 1.29 is 19.1 Å². The van der Waals surface area contributed by atoms with Crippen molar-refractivity contribution in [3.8, 4) is 11.5 Å². The Morgan fingerprint density at radius 3 is 2.31 bits per heavy atom. The number of nitrogens with zero attached hydrogens (tertiary/aromatic N) is 2. The molecule has 0 radical (unpaired) electrons. The van der Waals surface area contributed by atoms with Gasteiger partial charge in [-0.05, 0) is 36.5 Å². The zero-order valence-electron chi connectivity index (χ0n) is 18.4. The minimum Gasteiger partial charge on any atom is -0.497 e. The smallest absolute Gasteiger partial charge is 0.228 e. The lowest BCUT2D eigenvalue weighted by atomic mass is 9.87. The molecule has 2 fully saturated rings. The van der Waals surface area contributed by atoms with E-state index in [2.05, 4.69) is 20.8 Å². The lowest BCUT2D eigenvalue weighted by Gasteiger charge is -2.25. The fraction of sp³-hybridized carbons (Fsp3) is 0.652. The summed E-state index contributed by atoms with van der Waals surface area (Å²) in [6.07, 6.45) is 2.58. The predicted molar refractivity (Wildman–Crippen MR) is 112 cm³/mol. The van der Waals surface area contributed by atoms with E-state index >= 15 is 0 Å². The van der Waals surface area contributed by atoms with E-state index in [0.717, 1.165) is 43.0 Å². The standard InChI is InChI=1S/C23H34N2O4/c1-23(2,3)13-21(26)25-14-18(17-12-16(28-4)8-9-20(17)29-5)19(15-25)22(27)24-10-6-7-11-24/h8-9,12,18-19H,6-7,10-11,13-15H2,1-5H3/t18-,19+/m1/s1. The zero-order chi connectivity index (χ0) is 21.2. The Bertz CT molecular complexity index is 750. The van der Waals surface area contributed by atoms with Gasteiger partial charge in [0.1, 0.15) is 11.5 Å². The molecule has 2 heterocycles. The first-order chi connectivity index (χ1) is 13.7. The van der Waals surface area contributed by atoms with Gasteiger partial charge in [-0.15, -0.1) is 0 Å². The molecule has 0 aromatic heterocycles. The topological polar surface area (TPSA) is 59.1 Å². The second-order valence-corrected chi connectivity index (χ2v) is 9.39. The third-order valence-electron chi connectivity index (χ3n) is 5.93. The highest BCUT2D eigenvalue weighted by molar-refractivity contribution is 5.84. The molecule has 3 rings (SSSR count). The van der Waals surface area contributed by atoms with Crippen molar-refractivity contribution in [1.29, 1.82) is 0 Å². The second-order valence-electron chi connectivity index (χ2n) is 9.39. The highest BCUT2D eigenvalue weighted by atomic mass is 16.5. The Balaban J connectivity index is 1.92. The molecule has 2 aliphatic rings. The first kappa shape index (κ1) is 21.5. The highest BCUT2D eigenvalue weighted by Crippen LogP contribution is 2.41. The molecule has 1 aromatic carbocycles. The van der Waals surface area contributed by atoms with Crippen LogP contribution in [0.25, 0.3) is 0 Å². The van der Waals surface area contributed by atoms with Crippen molar-refractivity contribution in [1.82, 2.24) is 9.80 Å². The van der Waals surface area contributed by atoms with Gasteiger partial charge in [0.25, 0.3) is 0 Å². The van der Waals surface area contributed by atoms with Crippen molar-refractivity contribution >= 4 is 11.8 Å². The van der Waals surface area contributed by atoms with Crippen LogP contribution in [0.15, 0.2) is 18.2 Å². The van der Waals surface area contributed by atoms with Crippen molar-refractivity contribution in [2.45, 2.75) is 46.0 Å². The summed E-state index contributed by atoms with van der Waals surface area (Å²) in [6, 6.07) is 5.69. The van der Waals surface area contributed by atoms with Gasteiger partial charge >= 0.3 is 0 Å². The van der Waals surface area contributed by atoms with Gasteiger partial charge in [0.05, 0.1) is 20.1 Å². The summed E-state index contributed by atoms with van der Waals surface area (Å²) in [5.41, 5.74) is 0.854. The SMILES string of the molecule is COc1ccc(OC)c([C@H]2CN(C(=O)CC(C)(C)C)C[C@@H]2C(=O)N2CCCC2)c1.